The number of carbonyl (C=O) groups is 1. The van der Waals surface area contributed by atoms with E-state index in [4.69, 9.17) is 4.52 Å². The normalized spacial score (nSPS) is 14.0. The van der Waals surface area contributed by atoms with E-state index in [1.54, 1.807) is 0 Å². The highest BCUT2D eigenvalue weighted by Crippen LogP contribution is 2.23. The molecule has 4 rings (SSSR count). The molecule has 7 nitrogen and oxygen atoms in total. The third-order valence-electron chi connectivity index (χ3n) is 5.24. The Morgan fingerprint density at radius 2 is 2.07 bits per heavy atom. The van der Waals surface area contributed by atoms with Gasteiger partial charge in [-0.25, -0.2) is 4.98 Å². The molecule has 0 saturated carbocycles. The molecule has 1 N–H and O–H groups in total. The van der Waals surface area contributed by atoms with Crippen LogP contribution in [0.2, 0.25) is 0 Å². The zero-order valence-corrected chi connectivity index (χ0v) is 16.3. The lowest BCUT2D eigenvalue weighted by atomic mass is 9.97. The molecule has 1 amide bonds. The third-order valence-corrected chi connectivity index (χ3v) is 5.24. The van der Waals surface area contributed by atoms with Crippen molar-refractivity contribution < 1.29 is 9.32 Å². The number of hydrogen-bond donors (Lipinski definition) is 1. The number of fused-ring (bicyclic) bond motifs is 1. The Balaban J connectivity index is 1.40. The first kappa shape index (κ1) is 19.1. The molecule has 7 heteroatoms. The Morgan fingerprint density at radius 1 is 1.21 bits per heavy atom. The first-order chi connectivity index (χ1) is 14.2. The number of rotatable bonds is 7. The van der Waals surface area contributed by atoms with Crippen molar-refractivity contribution in [2.45, 2.75) is 45.1 Å². The maximum absolute atomic E-state index is 12.9. The highest BCUT2D eigenvalue weighted by atomic mass is 16.5. The van der Waals surface area contributed by atoms with E-state index in [9.17, 15) is 9.59 Å². The number of carbonyl (C=O) groups excluding carboxylic acids is 1. The monoisotopic (exact) mass is 392 g/mol. The summed E-state index contributed by atoms with van der Waals surface area (Å²) in [4.78, 5) is 29.3. The molecule has 29 heavy (non-hydrogen) atoms. The van der Waals surface area contributed by atoms with Crippen molar-refractivity contribution in [1.29, 1.82) is 0 Å². The lowest BCUT2D eigenvalue weighted by Gasteiger charge is -2.13. The molecule has 0 unspecified atom stereocenters. The number of nitrogens with zero attached hydrogens (tertiary/aromatic N) is 3. The highest BCUT2D eigenvalue weighted by Gasteiger charge is 2.17. The van der Waals surface area contributed by atoms with Crippen LogP contribution in [0.5, 0.6) is 0 Å². The summed E-state index contributed by atoms with van der Waals surface area (Å²) in [6.45, 7) is 0.899. The van der Waals surface area contributed by atoms with Crippen LogP contribution in [0.4, 0.5) is 0 Å². The summed E-state index contributed by atoms with van der Waals surface area (Å²) in [7, 11) is 0. The molecule has 0 radical (unpaired) electrons. The van der Waals surface area contributed by atoms with Crippen molar-refractivity contribution >= 4 is 17.0 Å². The van der Waals surface area contributed by atoms with Gasteiger partial charge in [-0.1, -0.05) is 47.1 Å². The molecule has 1 aliphatic rings. The van der Waals surface area contributed by atoms with Crippen molar-refractivity contribution in [3.05, 3.63) is 58.7 Å². The molecule has 0 aliphatic heterocycles. The molecule has 3 aromatic rings. The standard InChI is InChI=1S/C22H24N4O3/c27-18(23-13-11-16-7-3-1-4-8-16)12-14-26-15-24-21-19(22(26)28)20(25-29-21)17-9-5-2-6-10-17/h2,5-7,9-10,15H,1,3-4,8,11-14H2,(H,23,27). The van der Waals surface area contributed by atoms with Gasteiger partial charge in [-0.15, -0.1) is 0 Å². The molecule has 0 atom stereocenters. The predicted octanol–water partition coefficient (Wildman–Crippen LogP) is 3.45. The van der Waals surface area contributed by atoms with Crippen LogP contribution in [0, 0.1) is 0 Å². The Hall–Kier alpha value is -3.22. The summed E-state index contributed by atoms with van der Waals surface area (Å²) in [6, 6.07) is 9.37. The summed E-state index contributed by atoms with van der Waals surface area (Å²) in [5.74, 6) is -0.0676. The second-order valence-electron chi connectivity index (χ2n) is 7.28. The van der Waals surface area contributed by atoms with Gasteiger partial charge in [0.05, 0.1) is 0 Å². The van der Waals surface area contributed by atoms with Crippen LogP contribution in [0.25, 0.3) is 22.4 Å². The van der Waals surface area contributed by atoms with Gasteiger partial charge in [0.15, 0.2) is 0 Å². The van der Waals surface area contributed by atoms with Crippen LogP contribution >= 0.6 is 0 Å². The molecule has 2 heterocycles. The molecular formula is C22H24N4O3. The molecule has 2 aromatic heterocycles. The summed E-state index contributed by atoms with van der Waals surface area (Å²) in [5.41, 5.74) is 2.64. The fourth-order valence-electron chi connectivity index (χ4n) is 3.64. The average molecular weight is 392 g/mol. The van der Waals surface area contributed by atoms with Crippen LogP contribution in [-0.4, -0.2) is 27.2 Å². The van der Waals surface area contributed by atoms with Gasteiger partial charge < -0.3 is 9.84 Å². The third kappa shape index (κ3) is 4.45. The molecule has 1 aliphatic carbocycles. The summed E-state index contributed by atoms with van der Waals surface area (Å²) in [5, 5.41) is 7.29. The van der Waals surface area contributed by atoms with Gasteiger partial charge >= 0.3 is 0 Å². The molecule has 0 spiro atoms. The number of amides is 1. The fourth-order valence-corrected chi connectivity index (χ4v) is 3.64. The van der Waals surface area contributed by atoms with Crippen LogP contribution in [-0.2, 0) is 11.3 Å². The van der Waals surface area contributed by atoms with Crippen molar-refractivity contribution in [1.82, 2.24) is 20.0 Å². The predicted molar refractivity (Wildman–Crippen MR) is 110 cm³/mol. The van der Waals surface area contributed by atoms with E-state index in [2.05, 4.69) is 21.5 Å². The van der Waals surface area contributed by atoms with Gasteiger partial charge in [-0.05, 0) is 32.1 Å². The number of nitrogens with one attached hydrogen (secondary N) is 1. The van der Waals surface area contributed by atoms with Crippen molar-refractivity contribution in [2.75, 3.05) is 6.54 Å². The van der Waals surface area contributed by atoms with Gasteiger partial charge in [-0.3, -0.25) is 14.2 Å². The summed E-state index contributed by atoms with van der Waals surface area (Å²) in [6.07, 6.45) is 9.62. The van der Waals surface area contributed by atoms with Crippen molar-refractivity contribution in [3.8, 4) is 11.3 Å². The first-order valence-corrected chi connectivity index (χ1v) is 10.1. The van der Waals surface area contributed by atoms with Gasteiger partial charge in [0, 0.05) is 25.1 Å². The van der Waals surface area contributed by atoms with Crippen molar-refractivity contribution in [3.63, 3.8) is 0 Å². The minimum Gasteiger partial charge on any atom is -0.356 e. The van der Waals surface area contributed by atoms with E-state index in [0.717, 1.165) is 24.8 Å². The Labute approximate surface area is 168 Å². The minimum absolute atomic E-state index is 0.0676. The lowest BCUT2D eigenvalue weighted by molar-refractivity contribution is -0.121. The van der Waals surface area contributed by atoms with Crippen LogP contribution in [0.1, 0.15) is 38.5 Å². The van der Waals surface area contributed by atoms with Crippen LogP contribution < -0.4 is 10.9 Å². The van der Waals surface area contributed by atoms with E-state index in [1.807, 2.05) is 30.3 Å². The van der Waals surface area contributed by atoms with Crippen LogP contribution in [0.3, 0.4) is 0 Å². The number of allylic oxidation sites excluding steroid dienone is 1. The lowest BCUT2D eigenvalue weighted by Crippen LogP contribution is -2.28. The van der Waals surface area contributed by atoms with Gasteiger partial charge in [0.25, 0.3) is 11.3 Å². The maximum Gasteiger partial charge on any atom is 0.266 e. The van der Waals surface area contributed by atoms with Crippen LogP contribution in [0.15, 0.2) is 57.6 Å². The molecular weight excluding hydrogens is 368 g/mol. The van der Waals surface area contributed by atoms with E-state index in [1.165, 1.54) is 29.3 Å². The number of benzene rings is 1. The minimum atomic E-state index is -0.254. The first-order valence-electron chi connectivity index (χ1n) is 10.1. The fraction of sp³-hybridized carbons (Fsp3) is 0.364. The zero-order valence-electron chi connectivity index (χ0n) is 16.3. The number of aromatic nitrogens is 3. The Morgan fingerprint density at radius 3 is 2.86 bits per heavy atom. The number of aryl methyl sites for hydroxylation is 1. The van der Waals surface area contributed by atoms with Crippen molar-refractivity contribution in [2.24, 2.45) is 0 Å². The average Bonchev–Trinajstić information content (AvgIpc) is 3.20. The summed E-state index contributed by atoms with van der Waals surface area (Å²) < 4.78 is 6.66. The zero-order chi connectivity index (χ0) is 20.1. The second kappa shape index (κ2) is 8.86. The SMILES string of the molecule is O=C(CCn1cnc2onc(-c3ccccc3)c2c1=O)NCCC1=CCCCC1. The topological polar surface area (TPSA) is 90.0 Å². The molecule has 0 fully saturated rings. The van der Waals surface area contributed by atoms with E-state index in [0.29, 0.717) is 17.6 Å². The van der Waals surface area contributed by atoms with E-state index >= 15 is 0 Å². The molecule has 0 saturated heterocycles. The molecule has 0 bridgehead atoms. The van der Waals surface area contributed by atoms with Gasteiger partial charge in [0.1, 0.15) is 17.4 Å². The van der Waals surface area contributed by atoms with Gasteiger partial charge in [-0.2, -0.15) is 0 Å². The highest BCUT2D eigenvalue weighted by molar-refractivity contribution is 5.88. The maximum atomic E-state index is 12.9. The Kier molecular flexibility index (Phi) is 5.84. The molecule has 1 aromatic carbocycles. The second-order valence-corrected chi connectivity index (χ2v) is 7.28. The van der Waals surface area contributed by atoms with E-state index < -0.39 is 0 Å². The number of hydrogen-bond acceptors (Lipinski definition) is 5. The summed E-state index contributed by atoms with van der Waals surface area (Å²) >= 11 is 0. The quantitative estimate of drug-likeness (QED) is 0.622. The van der Waals surface area contributed by atoms with Gasteiger partial charge in [0.2, 0.25) is 5.91 Å². The molecule has 150 valence electrons. The Bertz CT molecular complexity index is 1080. The van der Waals surface area contributed by atoms with E-state index in [-0.39, 0.29) is 30.1 Å². The largest absolute Gasteiger partial charge is 0.356 e. The smallest absolute Gasteiger partial charge is 0.266 e.